The predicted molar refractivity (Wildman–Crippen MR) is 74.7 cm³/mol. The number of alkyl halides is 3. The first-order valence-electron chi connectivity index (χ1n) is 7.06. The summed E-state index contributed by atoms with van der Waals surface area (Å²) in [7, 11) is 0. The van der Waals surface area contributed by atoms with E-state index in [1.54, 1.807) is 6.07 Å². The van der Waals surface area contributed by atoms with Crippen LogP contribution in [-0.2, 0) is 11.2 Å². The lowest BCUT2D eigenvalue weighted by Gasteiger charge is -2.19. The Balaban J connectivity index is 2.10. The minimum absolute atomic E-state index is 0.0839. The number of hydrogen-bond acceptors (Lipinski definition) is 2. The Hall–Kier alpha value is -1.56. The summed E-state index contributed by atoms with van der Waals surface area (Å²) in [5.41, 5.74) is 5.96. The highest BCUT2D eigenvalue weighted by atomic mass is 19.4. The maximum absolute atomic E-state index is 12.5. The molecule has 3 N–H and O–H groups in total. The first-order valence-corrected chi connectivity index (χ1v) is 7.06. The van der Waals surface area contributed by atoms with E-state index in [-0.39, 0.29) is 29.0 Å². The molecular weight excluding hydrogens is 281 g/mol. The van der Waals surface area contributed by atoms with Gasteiger partial charge in [-0.2, -0.15) is 13.2 Å². The lowest BCUT2D eigenvalue weighted by atomic mass is 9.95. The standard InChI is InChI=1S/C15H19F3N2O/c16-15(17,18)8-10-4-1-2-7-13(10)20-14(21)12-6-3-5-11(12)9-19/h1-2,4,7,11-12H,3,5-6,8-9,19H2,(H,20,21)/t11-,12-/m1/s1. The molecule has 1 aromatic rings. The molecule has 1 aliphatic carbocycles. The van der Waals surface area contributed by atoms with E-state index in [4.69, 9.17) is 5.73 Å². The SMILES string of the molecule is NC[C@H]1CCC[C@H]1C(=O)Nc1ccccc1CC(F)(F)F. The number of halogens is 3. The van der Waals surface area contributed by atoms with Crippen LogP contribution in [0.1, 0.15) is 24.8 Å². The van der Waals surface area contributed by atoms with E-state index >= 15 is 0 Å². The monoisotopic (exact) mass is 300 g/mol. The third kappa shape index (κ3) is 4.20. The number of carbonyl (C=O) groups excluding carboxylic acids is 1. The van der Waals surface area contributed by atoms with Gasteiger partial charge < -0.3 is 11.1 Å². The molecule has 0 heterocycles. The summed E-state index contributed by atoms with van der Waals surface area (Å²) in [6.07, 6.45) is -2.76. The molecule has 2 atom stereocenters. The van der Waals surface area contributed by atoms with Gasteiger partial charge in [-0.05, 0) is 36.9 Å². The van der Waals surface area contributed by atoms with Crippen molar-refractivity contribution in [1.29, 1.82) is 0 Å². The fourth-order valence-corrected chi connectivity index (χ4v) is 2.90. The molecule has 6 heteroatoms. The number of para-hydroxylation sites is 1. The Morgan fingerprint density at radius 1 is 1.29 bits per heavy atom. The quantitative estimate of drug-likeness (QED) is 0.897. The van der Waals surface area contributed by atoms with Crippen LogP contribution in [0.5, 0.6) is 0 Å². The van der Waals surface area contributed by atoms with Crippen LogP contribution in [0, 0.1) is 11.8 Å². The molecule has 0 bridgehead atoms. The summed E-state index contributed by atoms with van der Waals surface area (Å²) in [6, 6.07) is 6.04. The highest BCUT2D eigenvalue weighted by molar-refractivity contribution is 5.93. The Morgan fingerprint density at radius 3 is 2.67 bits per heavy atom. The van der Waals surface area contributed by atoms with E-state index in [9.17, 15) is 18.0 Å². The van der Waals surface area contributed by atoms with Crippen LogP contribution >= 0.6 is 0 Å². The second kappa shape index (κ2) is 6.47. The van der Waals surface area contributed by atoms with Crippen molar-refractivity contribution in [2.45, 2.75) is 31.9 Å². The van der Waals surface area contributed by atoms with E-state index in [0.29, 0.717) is 6.54 Å². The van der Waals surface area contributed by atoms with E-state index < -0.39 is 12.6 Å². The predicted octanol–water partition coefficient (Wildman–Crippen LogP) is 3.10. The zero-order chi connectivity index (χ0) is 15.5. The van der Waals surface area contributed by atoms with Gasteiger partial charge >= 0.3 is 6.18 Å². The molecule has 21 heavy (non-hydrogen) atoms. The molecule has 1 amide bonds. The molecule has 0 unspecified atom stereocenters. The molecule has 0 radical (unpaired) electrons. The van der Waals surface area contributed by atoms with Crippen molar-refractivity contribution >= 4 is 11.6 Å². The zero-order valence-corrected chi connectivity index (χ0v) is 11.6. The second-order valence-electron chi connectivity index (χ2n) is 5.47. The third-order valence-corrected chi connectivity index (χ3v) is 3.96. The summed E-state index contributed by atoms with van der Waals surface area (Å²) >= 11 is 0. The molecule has 0 aliphatic heterocycles. The van der Waals surface area contributed by atoms with Crippen LogP contribution < -0.4 is 11.1 Å². The van der Waals surface area contributed by atoms with Crippen molar-refractivity contribution in [2.24, 2.45) is 17.6 Å². The van der Waals surface area contributed by atoms with Crippen LogP contribution in [-0.4, -0.2) is 18.6 Å². The molecule has 1 saturated carbocycles. The fourth-order valence-electron chi connectivity index (χ4n) is 2.90. The van der Waals surface area contributed by atoms with Crippen LogP contribution in [0.15, 0.2) is 24.3 Å². The first kappa shape index (κ1) is 15.8. The maximum atomic E-state index is 12.5. The van der Waals surface area contributed by atoms with Crippen molar-refractivity contribution in [2.75, 3.05) is 11.9 Å². The Kier molecular flexibility index (Phi) is 4.88. The summed E-state index contributed by atoms with van der Waals surface area (Å²) in [6.45, 7) is 0.433. The van der Waals surface area contributed by atoms with E-state index in [1.165, 1.54) is 18.2 Å². The molecule has 2 rings (SSSR count). The number of benzene rings is 1. The van der Waals surface area contributed by atoms with Gasteiger partial charge in [-0.3, -0.25) is 4.79 Å². The van der Waals surface area contributed by atoms with E-state index in [0.717, 1.165) is 19.3 Å². The Labute approximate surface area is 121 Å². The lowest BCUT2D eigenvalue weighted by molar-refractivity contribution is -0.127. The summed E-state index contributed by atoms with van der Waals surface area (Å²) in [5, 5.41) is 2.64. The van der Waals surface area contributed by atoms with Gasteiger partial charge in [-0.1, -0.05) is 24.6 Å². The smallest absolute Gasteiger partial charge is 0.330 e. The van der Waals surface area contributed by atoms with Crippen LogP contribution in [0.4, 0.5) is 18.9 Å². The third-order valence-electron chi connectivity index (χ3n) is 3.96. The van der Waals surface area contributed by atoms with Crippen LogP contribution in [0.3, 0.4) is 0 Å². The van der Waals surface area contributed by atoms with Crippen molar-refractivity contribution in [3.63, 3.8) is 0 Å². The van der Waals surface area contributed by atoms with Gasteiger partial charge in [0.05, 0.1) is 6.42 Å². The topological polar surface area (TPSA) is 55.1 Å². The van der Waals surface area contributed by atoms with Gasteiger partial charge in [0.2, 0.25) is 5.91 Å². The number of nitrogens with one attached hydrogen (secondary N) is 1. The molecule has 1 aromatic carbocycles. The number of anilines is 1. The molecule has 1 aliphatic rings. The minimum atomic E-state index is -4.30. The second-order valence-corrected chi connectivity index (χ2v) is 5.47. The van der Waals surface area contributed by atoms with Gasteiger partial charge in [0, 0.05) is 11.6 Å². The van der Waals surface area contributed by atoms with Crippen molar-refractivity contribution in [3.05, 3.63) is 29.8 Å². The summed E-state index contributed by atoms with van der Waals surface area (Å²) in [5.74, 6) is -0.300. The summed E-state index contributed by atoms with van der Waals surface area (Å²) < 4.78 is 37.6. The van der Waals surface area contributed by atoms with Gasteiger partial charge in [0.25, 0.3) is 0 Å². The minimum Gasteiger partial charge on any atom is -0.330 e. The fraction of sp³-hybridized carbons (Fsp3) is 0.533. The number of amides is 1. The lowest BCUT2D eigenvalue weighted by Crippen LogP contribution is -2.30. The molecule has 0 saturated heterocycles. The Bertz CT molecular complexity index is 502. The van der Waals surface area contributed by atoms with Crippen LogP contribution in [0.2, 0.25) is 0 Å². The van der Waals surface area contributed by atoms with Gasteiger partial charge in [-0.15, -0.1) is 0 Å². The van der Waals surface area contributed by atoms with Crippen molar-refractivity contribution in [1.82, 2.24) is 0 Å². The molecule has 0 spiro atoms. The molecule has 0 aromatic heterocycles. The number of hydrogen-bond donors (Lipinski definition) is 2. The zero-order valence-electron chi connectivity index (χ0n) is 11.6. The van der Waals surface area contributed by atoms with Crippen molar-refractivity contribution in [3.8, 4) is 0 Å². The highest BCUT2D eigenvalue weighted by Crippen LogP contribution is 2.33. The number of rotatable bonds is 4. The molecular formula is C15H19F3N2O. The maximum Gasteiger partial charge on any atom is 0.393 e. The van der Waals surface area contributed by atoms with Gasteiger partial charge in [0.1, 0.15) is 0 Å². The number of carbonyl (C=O) groups is 1. The molecule has 116 valence electrons. The average Bonchev–Trinajstić information content (AvgIpc) is 2.87. The van der Waals surface area contributed by atoms with Gasteiger partial charge in [0.15, 0.2) is 0 Å². The first-order chi connectivity index (χ1) is 9.90. The molecule has 1 fully saturated rings. The van der Waals surface area contributed by atoms with E-state index in [2.05, 4.69) is 5.32 Å². The normalized spacial score (nSPS) is 22.3. The summed E-state index contributed by atoms with van der Waals surface area (Å²) in [4.78, 5) is 12.3. The number of nitrogens with two attached hydrogens (primary N) is 1. The molecule has 3 nitrogen and oxygen atoms in total. The average molecular weight is 300 g/mol. The Morgan fingerprint density at radius 2 is 2.00 bits per heavy atom. The van der Waals surface area contributed by atoms with Crippen LogP contribution in [0.25, 0.3) is 0 Å². The van der Waals surface area contributed by atoms with Crippen molar-refractivity contribution < 1.29 is 18.0 Å². The largest absolute Gasteiger partial charge is 0.393 e. The van der Waals surface area contributed by atoms with E-state index in [1.807, 2.05) is 0 Å². The van der Waals surface area contributed by atoms with Gasteiger partial charge in [-0.25, -0.2) is 0 Å². The highest BCUT2D eigenvalue weighted by Gasteiger charge is 2.33.